The number of aryl methyl sites for hydroxylation is 1. The summed E-state index contributed by atoms with van der Waals surface area (Å²) in [7, 11) is 0. The van der Waals surface area contributed by atoms with Crippen molar-refractivity contribution in [1.82, 2.24) is 14.5 Å². The van der Waals surface area contributed by atoms with Crippen LogP contribution < -0.4 is 0 Å². The largest absolute Gasteiger partial charge is 0.507 e. The molecule has 0 atom stereocenters. The van der Waals surface area contributed by atoms with Crippen molar-refractivity contribution in [1.29, 1.82) is 0 Å². The Labute approximate surface area is 421 Å². The maximum Gasteiger partial charge on any atom is 0.148 e. The van der Waals surface area contributed by atoms with Gasteiger partial charge in [0.25, 0.3) is 0 Å². The summed E-state index contributed by atoms with van der Waals surface area (Å²) in [5, 5.41) is 12.4. The van der Waals surface area contributed by atoms with Gasteiger partial charge in [-0.25, -0.2) is 4.98 Å². The Kier molecular flexibility index (Phi) is 7.58. The van der Waals surface area contributed by atoms with Crippen LogP contribution in [0.1, 0.15) is 135 Å². The average Bonchev–Trinajstić information content (AvgIpc) is 2.65. The van der Waals surface area contributed by atoms with E-state index in [1.807, 2.05) is 90.9 Å². The van der Waals surface area contributed by atoms with Gasteiger partial charge < -0.3 is 5.11 Å². The molecule has 0 spiro atoms. The Morgan fingerprint density at radius 2 is 1.23 bits per heavy atom. The van der Waals surface area contributed by atoms with Crippen molar-refractivity contribution < 1.29 is 50.8 Å². The second kappa shape index (κ2) is 17.1. The van der Waals surface area contributed by atoms with Crippen molar-refractivity contribution >= 4 is 11.0 Å². The monoisotopic (exact) mass is 1040 g/mol. The van der Waals surface area contributed by atoms with Crippen LogP contribution in [0.5, 0.6) is 5.75 Å². The van der Waals surface area contributed by atoms with E-state index in [0.29, 0.717) is 66.9 Å². The molecule has 2 aromatic heterocycles. The number of aromatic hydroxyl groups is 1. The van der Waals surface area contributed by atoms with Crippen LogP contribution in [0.25, 0.3) is 72.7 Å². The summed E-state index contributed by atoms with van der Waals surface area (Å²) in [5.74, 6) is 0.204. The first kappa shape index (κ1) is 28.4. The normalized spacial score (nSPS) is 17.7. The Morgan fingerprint density at radius 1 is 0.562 bits per heavy atom. The molecule has 0 unspecified atom stereocenters. The van der Waals surface area contributed by atoms with Crippen LogP contribution in [0.4, 0.5) is 0 Å². The second-order valence-corrected chi connectivity index (χ2v) is 18.5. The molecule has 6 aromatic carbocycles. The summed E-state index contributed by atoms with van der Waals surface area (Å²) < 4.78 is 153. The van der Waals surface area contributed by atoms with E-state index >= 15 is 0 Å². The number of fused-ring (bicyclic) bond motifs is 1. The second-order valence-electron chi connectivity index (χ2n) is 18.5. The molecule has 64 heavy (non-hydrogen) atoms. The number of benzene rings is 6. The number of nitrogens with zero attached hydrogens (tertiary/aromatic N) is 3. The van der Waals surface area contributed by atoms with E-state index in [4.69, 9.17) is 34.6 Å². The molecular weight excluding hydrogens is 962 g/mol. The van der Waals surface area contributed by atoms with Crippen molar-refractivity contribution in [3.8, 4) is 67.5 Å². The minimum Gasteiger partial charge on any atom is -0.507 e. The van der Waals surface area contributed by atoms with E-state index in [1.54, 1.807) is 53.2 Å². The van der Waals surface area contributed by atoms with E-state index in [-0.39, 0.29) is 43.8 Å². The zero-order chi connectivity index (χ0) is 60.2. The zero-order valence-electron chi connectivity index (χ0n) is 54.8. The van der Waals surface area contributed by atoms with Crippen molar-refractivity contribution in [3.63, 3.8) is 0 Å². The van der Waals surface area contributed by atoms with Gasteiger partial charge in [0.2, 0.25) is 0 Å². The predicted octanol–water partition coefficient (Wildman–Crippen LogP) is 15.8. The molecule has 0 bridgehead atoms. The smallest absolute Gasteiger partial charge is 0.148 e. The average molecular weight is 1040 g/mol. The van der Waals surface area contributed by atoms with Gasteiger partial charge in [-0.05, 0) is 92.3 Å². The number of phenols is 1. The van der Waals surface area contributed by atoms with Crippen LogP contribution in [0.2, 0.25) is 0 Å². The first-order valence-electron chi connectivity index (χ1n) is 29.8. The van der Waals surface area contributed by atoms with Gasteiger partial charge in [0.05, 0.1) is 22.3 Å². The van der Waals surface area contributed by atoms with Crippen molar-refractivity contribution in [2.24, 2.45) is 0 Å². The van der Waals surface area contributed by atoms with Crippen LogP contribution in [-0.4, -0.2) is 19.6 Å². The van der Waals surface area contributed by atoms with Crippen molar-refractivity contribution in [2.45, 2.75) is 111 Å². The summed E-state index contributed by atoms with van der Waals surface area (Å²) in [5.41, 5.74) is -0.268. The van der Waals surface area contributed by atoms with Crippen LogP contribution in [0.15, 0.2) is 134 Å². The van der Waals surface area contributed by atoms with E-state index in [0.717, 1.165) is 11.1 Å². The molecule has 0 aliphatic heterocycles. The van der Waals surface area contributed by atoms with Crippen molar-refractivity contribution in [2.75, 3.05) is 0 Å². The molecule has 330 valence electrons. The third-order valence-corrected chi connectivity index (χ3v) is 11.5. The molecule has 0 saturated heterocycles. The van der Waals surface area contributed by atoms with Gasteiger partial charge in [-0.2, -0.15) is 0 Å². The molecule has 0 radical (unpaired) electrons. The fourth-order valence-electron chi connectivity index (χ4n) is 8.03. The molecule has 0 aliphatic rings. The molecule has 0 amide bonds. The Hall–Kier alpha value is -5.57. The maximum atomic E-state index is 12.4. The number of imidazole rings is 1. The Balaban J connectivity index is 0.00000968. The first-order chi connectivity index (χ1) is 37.1. The van der Waals surface area contributed by atoms with E-state index in [1.165, 1.54) is 42.5 Å². The molecule has 8 aromatic rings. The Morgan fingerprint density at radius 3 is 1.91 bits per heavy atom. The molecule has 0 aliphatic carbocycles. The fraction of sp³-hybridized carbons (Fsp3) is 0.288. The summed E-state index contributed by atoms with van der Waals surface area (Å²) in [6.07, 6.45) is 1.58. The van der Waals surface area contributed by atoms with Gasteiger partial charge in [0, 0.05) is 68.8 Å². The van der Waals surface area contributed by atoms with E-state index in [9.17, 15) is 5.11 Å². The minimum atomic E-state index is -3.54. The first-order valence-corrected chi connectivity index (χ1v) is 20.8. The number of para-hydroxylation sites is 1. The van der Waals surface area contributed by atoms with Gasteiger partial charge in [-0.15, -0.1) is 29.3 Å². The predicted molar refractivity (Wildman–Crippen MR) is 266 cm³/mol. The van der Waals surface area contributed by atoms with Gasteiger partial charge in [0.1, 0.15) is 11.6 Å². The van der Waals surface area contributed by atoms with Gasteiger partial charge in [0.15, 0.2) is 0 Å². The van der Waals surface area contributed by atoms with E-state index in [2.05, 4.69) is 6.07 Å². The fourth-order valence-corrected chi connectivity index (χ4v) is 8.03. The molecule has 0 fully saturated rings. The Bertz CT molecular complexity index is 3600. The van der Waals surface area contributed by atoms with Crippen molar-refractivity contribution in [3.05, 3.63) is 167 Å². The molecule has 8 rings (SSSR count). The SMILES string of the molecule is [2H]C([2H])([2H])C(c1ccc(-c2ccnc(-c3[c-]c(-c4cccc5c4nc(-c4cc(C)cc(C(C)(C)C)c4O)n5-c4ccc(C(C([2H])([2H])[2H])(C([2H])([2H])[2H])C([2H])([2H])[2H])cc4-c4ccccc4)cc(C(C)(C)C)c3)c2)cc1)(C([2H])([2H])[2H])C([2H])([2H])[2H].[Pt]. The van der Waals surface area contributed by atoms with Gasteiger partial charge in [-0.1, -0.05) is 179 Å². The molecule has 5 heteroatoms. The maximum absolute atomic E-state index is 12.4. The summed E-state index contributed by atoms with van der Waals surface area (Å²) >= 11 is 0. The molecular formula is C59H62N3OPt-. The van der Waals surface area contributed by atoms with Crippen LogP contribution in [0.3, 0.4) is 0 Å². The molecule has 2 heterocycles. The minimum absolute atomic E-state index is 0. The molecule has 4 nitrogen and oxygen atoms in total. The molecule has 0 saturated carbocycles. The van der Waals surface area contributed by atoms with E-state index < -0.39 is 68.3 Å². The number of hydrogen-bond donors (Lipinski definition) is 1. The number of phenolic OH excluding ortho intramolecular Hbond substituents is 1. The molecule has 1 N–H and O–H groups in total. The number of hydrogen-bond acceptors (Lipinski definition) is 3. The van der Waals surface area contributed by atoms with Crippen LogP contribution in [-0.2, 0) is 42.7 Å². The topological polar surface area (TPSA) is 50.9 Å². The standard InChI is InChI=1S/C59H62N3O.Pt/c1-37-30-48(54(63)49(31-37)59(11,12)13)55-61-53-46(20-17-21-52(53)62(55)51-27-26-44(57(5,6)7)36-47(51)39-18-15-14-16-19-39)41-32-42(34-45(33-41)58(8,9)10)50-35-40(28-29-60-50)38-22-24-43(25-23-38)56(2,3)4;/h14-31,33-36,63H,1-13H3;/q-1;/i2D3,3D3,4D3,5D3,6D3,7D3;. The number of rotatable bonds is 6. The zero-order valence-corrected chi connectivity index (χ0v) is 39.1. The van der Waals surface area contributed by atoms with Crippen LogP contribution >= 0.6 is 0 Å². The van der Waals surface area contributed by atoms with Gasteiger partial charge >= 0.3 is 0 Å². The quantitative estimate of drug-likeness (QED) is 0.169. The summed E-state index contributed by atoms with van der Waals surface area (Å²) in [6.45, 7) is -6.95. The van der Waals surface area contributed by atoms with Gasteiger partial charge in [-0.3, -0.25) is 9.55 Å². The third-order valence-electron chi connectivity index (χ3n) is 11.5. The summed E-state index contributed by atoms with van der Waals surface area (Å²) in [4.78, 5) is 10.1. The number of pyridine rings is 1. The number of aromatic nitrogens is 3. The summed E-state index contributed by atoms with van der Waals surface area (Å²) in [6, 6.07) is 38.6. The van der Waals surface area contributed by atoms with Crippen LogP contribution in [0, 0.1) is 13.0 Å². The third kappa shape index (κ3) is 9.18.